The van der Waals surface area contributed by atoms with E-state index in [1.807, 2.05) is 13.0 Å². The van der Waals surface area contributed by atoms with Gasteiger partial charge in [0, 0.05) is 16.8 Å². The molecule has 1 fully saturated rings. The number of nitrogens with one attached hydrogen (secondary N) is 1. The van der Waals surface area contributed by atoms with E-state index >= 15 is 0 Å². The van der Waals surface area contributed by atoms with E-state index in [-0.39, 0.29) is 0 Å². The van der Waals surface area contributed by atoms with Crippen molar-refractivity contribution < 1.29 is 0 Å². The molecule has 2 heteroatoms. The first-order valence-electron chi connectivity index (χ1n) is 5.28. The summed E-state index contributed by atoms with van der Waals surface area (Å²) < 4.78 is 0. The first-order valence-corrected chi connectivity index (χ1v) is 5.66. The minimum absolute atomic E-state index is 0.661. The van der Waals surface area contributed by atoms with Crippen molar-refractivity contribution in [3.05, 3.63) is 28.8 Å². The molecule has 1 nitrogen and oxygen atoms in total. The van der Waals surface area contributed by atoms with Crippen molar-refractivity contribution >= 4 is 17.3 Å². The van der Waals surface area contributed by atoms with Crippen LogP contribution in [0.1, 0.15) is 31.2 Å². The van der Waals surface area contributed by atoms with E-state index in [1.165, 1.54) is 25.7 Å². The molecule has 1 aliphatic rings. The van der Waals surface area contributed by atoms with Gasteiger partial charge in [0.1, 0.15) is 0 Å². The van der Waals surface area contributed by atoms with E-state index < -0.39 is 0 Å². The van der Waals surface area contributed by atoms with Crippen molar-refractivity contribution in [1.29, 1.82) is 0 Å². The first kappa shape index (κ1) is 9.85. The van der Waals surface area contributed by atoms with Crippen LogP contribution in [-0.4, -0.2) is 6.04 Å². The van der Waals surface area contributed by atoms with Crippen LogP contribution in [0.4, 0.5) is 5.69 Å². The summed E-state index contributed by atoms with van der Waals surface area (Å²) >= 11 is 6.06. The molecule has 1 aliphatic carbocycles. The second-order valence-corrected chi connectivity index (χ2v) is 4.50. The van der Waals surface area contributed by atoms with Gasteiger partial charge in [0.15, 0.2) is 0 Å². The van der Waals surface area contributed by atoms with Gasteiger partial charge < -0.3 is 5.32 Å². The Morgan fingerprint density at radius 3 is 2.64 bits per heavy atom. The highest BCUT2D eigenvalue weighted by atomic mass is 35.5. The third-order valence-electron chi connectivity index (χ3n) is 2.90. The van der Waals surface area contributed by atoms with Crippen molar-refractivity contribution in [3.63, 3.8) is 0 Å². The summed E-state index contributed by atoms with van der Waals surface area (Å²) in [6, 6.07) is 6.86. The molecule has 0 amide bonds. The van der Waals surface area contributed by atoms with Gasteiger partial charge in [-0.2, -0.15) is 0 Å². The lowest BCUT2D eigenvalue weighted by molar-refractivity contribution is 0.755. The van der Waals surface area contributed by atoms with Gasteiger partial charge in [0.25, 0.3) is 0 Å². The second-order valence-electron chi connectivity index (χ2n) is 4.09. The van der Waals surface area contributed by atoms with E-state index in [4.69, 9.17) is 11.6 Å². The lowest BCUT2D eigenvalue weighted by Crippen LogP contribution is -2.14. The maximum absolute atomic E-state index is 6.06. The molecule has 0 radical (unpaired) electrons. The van der Waals surface area contributed by atoms with E-state index in [1.54, 1.807) is 0 Å². The molecule has 1 N–H and O–H groups in total. The molecule has 0 heterocycles. The zero-order chi connectivity index (χ0) is 9.97. The molecule has 0 saturated heterocycles. The van der Waals surface area contributed by atoms with Crippen LogP contribution in [-0.2, 0) is 0 Å². The fraction of sp³-hybridized carbons (Fsp3) is 0.500. The third kappa shape index (κ3) is 2.21. The van der Waals surface area contributed by atoms with Crippen molar-refractivity contribution in [3.8, 4) is 0 Å². The highest BCUT2D eigenvalue weighted by Crippen LogP contribution is 2.25. The minimum atomic E-state index is 0.661. The Morgan fingerprint density at radius 1 is 1.29 bits per heavy atom. The summed E-state index contributed by atoms with van der Waals surface area (Å²) in [4.78, 5) is 0. The Balaban J connectivity index is 2.05. The molecule has 14 heavy (non-hydrogen) atoms. The quantitative estimate of drug-likeness (QED) is 0.777. The standard InChI is InChI=1S/C12H16ClN/c1-9-6-7-11(8-12(9)13)14-10-4-2-3-5-10/h6-8,10,14H,2-5H2,1H3. The molecule has 0 bridgehead atoms. The molecule has 1 saturated carbocycles. The van der Waals surface area contributed by atoms with Gasteiger partial charge in [-0.25, -0.2) is 0 Å². The molecule has 76 valence electrons. The van der Waals surface area contributed by atoms with Crippen LogP contribution in [0.25, 0.3) is 0 Å². The van der Waals surface area contributed by atoms with E-state index in [0.29, 0.717) is 6.04 Å². The average molecular weight is 210 g/mol. The Labute approximate surface area is 90.5 Å². The summed E-state index contributed by atoms with van der Waals surface area (Å²) in [5.74, 6) is 0. The van der Waals surface area contributed by atoms with Gasteiger partial charge in [-0.1, -0.05) is 30.5 Å². The van der Waals surface area contributed by atoms with E-state index in [0.717, 1.165) is 16.3 Å². The highest BCUT2D eigenvalue weighted by Gasteiger charge is 2.14. The number of aryl methyl sites for hydroxylation is 1. The molecule has 1 aromatic rings. The molecule has 1 aromatic carbocycles. The van der Waals surface area contributed by atoms with Crippen LogP contribution in [0.3, 0.4) is 0 Å². The third-order valence-corrected chi connectivity index (χ3v) is 3.30. The lowest BCUT2D eigenvalue weighted by Gasteiger charge is -2.14. The van der Waals surface area contributed by atoms with Gasteiger partial charge in [-0.05, 0) is 37.5 Å². The molecule has 2 rings (SSSR count). The monoisotopic (exact) mass is 209 g/mol. The van der Waals surface area contributed by atoms with E-state index in [9.17, 15) is 0 Å². The zero-order valence-corrected chi connectivity index (χ0v) is 9.27. The molecular formula is C12H16ClN. The lowest BCUT2D eigenvalue weighted by atomic mass is 10.2. The van der Waals surface area contributed by atoms with Crippen LogP contribution in [0.5, 0.6) is 0 Å². The van der Waals surface area contributed by atoms with Crippen LogP contribution in [0.2, 0.25) is 5.02 Å². The summed E-state index contributed by atoms with van der Waals surface area (Å²) in [7, 11) is 0. The van der Waals surface area contributed by atoms with Gasteiger partial charge in [0.2, 0.25) is 0 Å². The molecule has 0 spiro atoms. The molecular weight excluding hydrogens is 194 g/mol. The predicted octanol–water partition coefficient (Wildman–Crippen LogP) is 4.00. The largest absolute Gasteiger partial charge is 0.382 e. The van der Waals surface area contributed by atoms with Gasteiger partial charge in [-0.3, -0.25) is 0 Å². The number of halogens is 1. The average Bonchev–Trinajstić information content (AvgIpc) is 2.64. The molecule has 0 unspecified atom stereocenters. The summed E-state index contributed by atoms with van der Waals surface area (Å²) in [6.45, 7) is 2.03. The number of hydrogen-bond donors (Lipinski definition) is 1. The molecule has 0 atom stereocenters. The Bertz CT molecular complexity index is 316. The Morgan fingerprint density at radius 2 is 2.00 bits per heavy atom. The van der Waals surface area contributed by atoms with Gasteiger partial charge >= 0.3 is 0 Å². The van der Waals surface area contributed by atoms with Crippen molar-refractivity contribution in [1.82, 2.24) is 0 Å². The number of hydrogen-bond acceptors (Lipinski definition) is 1. The Kier molecular flexibility index (Phi) is 2.97. The van der Waals surface area contributed by atoms with Crippen molar-refractivity contribution in [2.45, 2.75) is 38.6 Å². The fourth-order valence-electron chi connectivity index (χ4n) is 1.99. The summed E-state index contributed by atoms with van der Waals surface area (Å²) in [5, 5.41) is 4.38. The van der Waals surface area contributed by atoms with Crippen molar-refractivity contribution in [2.75, 3.05) is 5.32 Å². The molecule has 0 aromatic heterocycles. The first-order chi connectivity index (χ1) is 6.75. The van der Waals surface area contributed by atoms with Crippen LogP contribution in [0.15, 0.2) is 18.2 Å². The smallest absolute Gasteiger partial charge is 0.0455 e. The maximum Gasteiger partial charge on any atom is 0.0455 e. The number of benzene rings is 1. The Hall–Kier alpha value is -0.690. The van der Waals surface area contributed by atoms with Gasteiger partial charge in [0.05, 0.1) is 0 Å². The van der Waals surface area contributed by atoms with Crippen LogP contribution >= 0.6 is 11.6 Å². The minimum Gasteiger partial charge on any atom is -0.382 e. The van der Waals surface area contributed by atoms with Crippen LogP contribution in [0, 0.1) is 6.92 Å². The maximum atomic E-state index is 6.06. The van der Waals surface area contributed by atoms with Crippen molar-refractivity contribution in [2.24, 2.45) is 0 Å². The second kappa shape index (κ2) is 4.22. The molecule has 0 aliphatic heterocycles. The van der Waals surface area contributed by atoms with E-state index in [2.05, 4.69) is 17.4 Å². The topological polar surface area (TPSA) is 12.0 Å². The highest BCUT2D eigenvalue weighted by molar-refractivity contribution is 6.31. The normalized spacial score (nSPS) is 17.3. The number of anilines is 1. The summed E-state index contributed by atoms with van der Waals surface area (Å²) in [6.07, 6.45) is 5.31. The number of rotatable bonds is 2. The zero-order valence-electron chi connectivity index (χ0n) is 8.52. The van der Waals surface area contributed by atoms with Crippen LogP contribution < -0.4 is 5.32 Å². The predicted molar refractivity (Wildman–Crippen MR) is 62.1 cm³/mol. The van der Waals surface area contributed by atoms with Gasteiger partial charge in [-0.15, -0.1) is 0 Å². The SMILES string of the molecule is Cc1ccc(NC2CCCC2)cc1Cl. The fourth-order valence-corrected chi connectivity index (χ4v) is 2.17. The summed E-state index contributed by atoms with van der Waals surface area (Å²) in [5.41, 5.74) is 2.30.